The summed E-state index contributed by atoms with van der Waals surface area (Å²) in [6, 6.07) is 27.2. The van der Waals surface area contributed by atoms with Crippen molar-refractivity contribution in [2.75, 3.05) is 0 Å². The minimum Gasteiger partial charge on any atom is -0.322 e. The Kier molecular flexibility index (Phi) is 3.72. The van der Waals surface area contributed by atoms with Gasteiger partial charge in [-0.3, -0.25) is 10.1 Å². The molecule has 0 unspecified atom stereocenters. The zero-order valence-corrected chi connectivity index (χ0v) is 15.0. The second-order valence-corrected chi connectivity index (χ2v) is 6.75. The highest BCUT2D eigenvalue weighted by atomic mass is 16.6. The van der Waals surface area contributed by atoms with Crippen LogP contribution in [0, 0.1) is 10.1 Å². The van der Waals surface area contributed by atoms with Crippen LogP contribution >= 0.6 is 0 Å². The quantitative estimate of drug-likeness (QED) is 0.307. The number of hydrogen-bond acceptors (Lipinski definition) is 2. The van der Waals surface area contributed by atoms with E-state index in [-0.39, 0.29) is 16.8 Å². The van der Waals surface area contributed by atoms with Gasteiger partial charge in [0.15, 0.2) is 0 Å². The third kappa shape index (κ3) is 2.48. The summed E-state index contributed by atoms with van der Waals surface area (Å²) in [5.74, 6) is 0. The van der Waals surface area contributed by atoms with E-state index in [0.717, 1.165) is 21.8 Å². The number of para-hydroxylation sites is 3. The van der Waals surface area contributed by atoms with Gasteiger partial charge in [0.1, 0.15) is 6.17 Å². The molecule has 0 fully saturated rings. The van der Waals surface area contributed by atoms with Gasteiger partial charge in [-0.1, -0.05) is 48.5 Å². The van der Waals surface area contributed by atoms with Crippen molar-refractivity contribution in [3.63, 3.8) is 0 Å². The van der Waals surface area contributed by atoms with Crippen molar-refractivity contribution < 1.29 is 4.92 Å². The lowest BCUT2D eigenvalue weighted by atomic mass is 10.1. The summed E-state index contributed by atoms with van der Waals surface area (Å²) in [6.07, 6.45) is 3.63. The summed E-state index contributed by atoms with van der Waals surface area (Å²) in [7, 11) is 0. The Morgan fingerprint density at radius 2 is 1.18 bits per heavy atom. The van der Waals surface area contributed by atoms with Crippen molar-refractivity contribution in [3.05, 3.63) is 113 Å². The molecule has 5 heteroatoms. The van der Waals surface area contributed by atoms with E-state index in [4.69, 9.17) is 0 Å². The number of fused-ring (bicyclic) bond motifs is 2. The SMILES string of the molecule is O=[N+]([O-])c1ccccc1C(n1ccc2ccccc21)n1ccc2ccccc21. The highest BCUT2D eigenvalue weighted by molar-refractivity contribution is 5.82. The van der Waals surface area contributed by atoms with Gasteiger partial charge in [-0.25, -0.2) is 0 Å². The Bertz CT molecular complexity index is 1240. The lowest BCUT2D eigenvalue weighted by molar-refractivity contribution is -0.385. The molecule has 5 aromatic rings. The normalized spacial score (nSPS) is 11.5. The van der Waals surface area contributed by atoms with E-state index < -0.39 is 0 Å². The van der Waals surface area contributed by atoms with Crippen LogP contribution in [0.3, 0.4) is 0 Å². The Morgan fingerprint density at radius 1 is 0.679 bits per heavy atom. The number of rotatable bonds is 4. The average molecular weight is 367 g/mol. The maximum Gasteiger partial charge on any atom is 0.276 e. The van der Waals surface area contributed by atoms with E-state index in [1.807, 2.05) is 73.1 Å². The molecule has 0 N–H and O–H groups in total. The molecule has 5 nitrogen and oxygen atoms in total. The van der Waals surface area contributed by atoms with Gasteiger partial charge in [0.05, 0.1) is 21.5 Å². The number of aromatic nitrogens is 2. The smallest absolute Gasteiger partial charge is 0.276 e. The van der Waals surface area contributed by atoms with E-state index in [1.165, 1.54) is 0 Å². The van der Waals surface area contributed by atoms with Crippen molar-refractivity contribution in [3.8, 4) is 0 Å². The zero-order valence-electron chi connectivity index (χ0n) is 15.0. The first-order chi connectivity index (χ1) is 13.7. The second-order valence-electron chi connectivity index (χ2n) is 6.75. The molecular formula is C23H17N3O2. The molecule has 28 heavy (non-hydrogen) atoms. The van der Waals surface area contributed by atoms with Crippen LogP contribution in [0.2, 0.25) is 0 Å². The van der Waals surface area contributed by atoms with E-state index >= 15 is 0 Å². The Hall–Kier alpha value is -3.86. The minimum atomic E-state index is -0.374. The molecule has 5 rings (SSSR count). The Balaban J connectivity index is 1.85. The number of nitrogens with zero attached hydrogens (tertiary/aromatic N) is 3. The van der Waals surface area contributed by atoms with Crippen molar-refractivity contribution >= 4 is 27.5 Å². The van der Waals surface area contributed by atoms with Crippen LogP contribution < -0.4 is 0 Å². The molecule has 0 saturated carbocycles. The zero-order chi connectivity index (χ0) is 19.1. The third-order valence-electron chi connectivity index (χ3n) is 5.20. The fraction of sp³-hybridized carbons (Fsp3) is 0.0435. The molecule has 0 saturated heterocycles. The summed E-state index contributed by atoms with van der Waals surface area (Å²) in [5.41, 5.74) is 2.82. The van der Waals surface area contributed by atoms with Crippen molar-refractivity contribution in [2.45, 2.75) is 6.17 Å². The molecule has 0 radical (unpaired) electrons. The first-order valence-corrected chi connectivity index (χ1v) is 9.08. The van der Waals surface area contributed by atoms with Crippen LogP contribution in [0.25, 0.3) is 21.8 Å². The van der Waals surface area contributed by atoms with Crippen molar-refractivity contribution in [1.82, 2.24) is 9.13 Å². The number of nitro groups is 1. The number of nitro benzene ring substituents is 1. The monoisotopic (exact) mass is 367 g/mol. The largest absolute Gasteiger partial charge is 0.322 e. The molecule has 2 aromatic heterocycles. The van der Waals surface area contributed by atoms with E-state index in [1.54, 1.807) is 12.1 Å². The Labute approximate surface area is 161 Å². The number of hydrogen-bond donors (Lipinski definition) is 0. The molecule has 0 bridgehead atoms. The van der Waals surface area contributed by atoms with Crippen LogP contribution in [-0.2, 0) is 0 Å². The molecule has 2 heterocycles. The van der Waals surface area contributed by atoms with Crippen LogP contribution in [0.4, 0.5) is 5.69 Å². The van der Waals surface area contributed by atoms with Crippen LogP contribution in [0.5, 0.6) is 0 Å². The molecule has 0 spiro atoms. The molecule has 0 aliphatic rings. The predicted molar refractivity (Wildman–Crippen MR) is 111 cm³/mol. The molecule has 3 aromatic carbocycles. The van der Waals surface area contributed by atoms with Gasteiger partial charge >= 0.3 is 0 Å². The van der Waals surface area contributed by atoms with Gasteiger partial charge in [-0.05, 0) is 41.1 Å². The number of benzene rings is 3. The van der Waals surface area contributed by atoms with Crippen molar-refractivity contribution in [2.24, 2.45) is 0 Å². The summed E-state index contributed by atoms with van der Waals surface area (Å²) >= 11 is 0. The van der Waals surface area contributed by atoms with Crippen molar-refractivity contribution in [1.29, 1.82) is 0 Å². The standard InChI is InChI=1S/C23H17N3O2/c27-26(28)22-12-6-3-9-19(22)23(24-15-13-17-7-1-4-10-20(17)24)25-16-14-18-8-2-5-11-21(18)25/h1-16,23H. The highest BCUT2D eigenvalue weighted by Crippen LogP contribution is 2.34. The minimum absolute atomic E-state index is 0.114. The second kappa shape index (κ2) is 6.39. The predicted octanol–water partition coefficient (Wildman–Crippen LogP) is 5.60. The van der Waals surface area contributed by atoms with Gasteiger partial charge in [-0.15, -0.1) is 0 Å². The Morgan fingerprint density at radius 3 is 1.75 bits per heavy atom. The maximum absolute atomic E-state index is 11.8. The summed E-state index contributed by atoms with van der Waals surface area (Å²) in [5, 5.41) is 14.0. The summed E-state index contributed by atoms with van der Waals surface area (Å²) < 4.78 is 4.20. The van der Waals surface area contributed by atoms with Crippen LogP contribution in [0.15, 0.2) is 97.3 Å². The van der Waals surface area contributed by atoms with Crippen LogP contribution in [-0.4, -0.2) is 14.1 Å². The van der Waals surface area contributed by atoms with Gasteiger partial charge in [-0.2, -0.15) is 0 Å². The third-order valence-corrected chi connectivity index (χ3v) is 5.20. The molecule has 0 atom stereocenters. The first kappa shape index (κ1) is 16.3. The van der Waals surface area contributed by atoms with E-state index in [2.05, 4.69) is 21.3 Å². The maximum atomic E-state index is 11.8. The average Bonchev–Trinajstić information content (AvgIpc) is 3.34. The fourth-order valence-corrected chi connectivity index (χ4v) is 3.94. The highest BCUT2D eigenvalue weighted by Gasteiger charge is 2.26. The molecular weight excluding hydrogens is 350 g/mol. The van der Waals surface area contributed by atoms with Gasteiger partial charge < -0.3 is 9.13 Å². The topological polar surface area (TPSA) is 53.0 Å². The van der Waals surface area contributed by atoms with Crippen LogP contribution in [0.1, 0.15) is 11.7 Å². The lowest BCUT2D eigenvalue weighted by Crippen LogP contribution is -2.19. The lowest BCUT2D eigenvalue weighted by Gasteiger charge is -2.23. The van der Waals surface area contributed by atoms with Gasteiger partial charge in [0.2, 0.25) is 0 Å². The van der Waals surface area contributed by atoms with E-state index in [0.29, 0.717) is 5.56 Å². The summed E-state index contributed by atoms with van der Waals surface area (Å²) in [4.78, 5) is 11.5. The fourth-order valence-electron chi connectivity index (χ4n) is 3.94. The molecule has 0 aliphatic heterocycles. The molecule has 136 valence electrons. The molecule has 0 amide bonds. The molecule has 0 aliphatic carbocycles. The van der Waals surface area contributed by atoms with Gasteiger partial charge in [0, 0.05) is 18.5 Å². The first-order valence-electron chi connectivity index (χ1n) is 9.08. The summed E-state index contributed by atoms with van der Waals surface area (Å²) in [6.45, 7) is 0. The van der Waals surface area contributed by atoms with Gasteiger partial charge in [0.25, 0.3) is 5.69 Å². The van der Waals surface area contributed by atoms with E-state index in [9.17, 15) is 10.1 Å².